The van der Waals surface area contributed by atoms with Gasteiger partial charge in [-0.2, -0.15) is 19.9 Å². The van der Waals surface area contributed by atoms with Crippen molar-refractivity contribution in [2.75, 3.05) is 0 Å². The average molecular weight is 1700 g/mol. The van der Waals surface area contributed by atoms with E-state index in [0.717, 1.165) is 84.6 Å². The molecule has 0 fully saturated rings. The quantitative estimate of drug-likeness (QED) is 0.123. The predicted molar refractivity (Wildman–Crippen MR) is 511 cm³/mol. The van der Waals surface area contributed by atoms with Crippen LogP contribution in [0.4, 0.5) is 0 Å². The first-order valence-electron chi connectivity index (χ1n) is 44.2. The van der Waals surface area contributed by atoms with Crippen LogP contribution in [0.1, 0.15) is 278 Å². The Labute approximate surface area is 744 Å². The van der Waals surface area contributed by atoms with Crippen molar-refractivity contribution in [3.05, 3.63) is 331 Å². The summed E-state index contributed by atoms with van der Waals surface area (Å²) in [5, 5.41) is 29.1. The smallest absolute Gasteiger partial charge is 0.233 e. The molecule has 20 aromatic rings. The summed E-state index contributed by atoms with van der Waals surface area (Å²) in [6.07, 6.45) is 46.0. The molecule has 654 valence electrons. The molecule has 0 N–H and O–H groups in total. The van der Waals surface area contributed by atoms with Gasteiger partial charge in [0.15, 0.2) is 11.3 Å². The van der Waals surface area contributed by atoms with Crippen LogP contribution in [-0.2, 0) is 12.8 Å². The summed E-state index contributed by atoms with van der Waals surface area (Å²) >= 11 is 0. The fourth-order valence-electron chi connectivity index (χ4n) is 14.1. The topological polar surface area (TPSA) is 263 Å². The summed E-state index contributed by atoms with van der Waals surface area (Å²) in [5.41, 5.74) is 26.6. The van der Waals surface area contributed by atoms with Crippen LogP contribution in [0.2, 0.25) is 0 Å². The molecule has 0 saturated carbocycles. The Morgan fingerprint density at radius 1 is 0.331 bits per heavy atom. The lowest BCUT2D eigenvalue weighted by molar-refractivity contribution is 0.660. The molecule has 1 aliphatic rings. The second-order valence-electron chi connectivity index (χ2n) is 34.6. The predicted octanol–water partition coefficient (Wildman–Crippen LogP) is 23.3. The molecule has 18 heterocycles. The molecule has 0 unspecified atom stereocenters. The third-order valence-electron chi connectivity index (χ3n) is 21.9. The van der Waals surface area contributed by atoms with Gasteiger partial charge in [0.25, 0.3) is 0 Å². The van der Waals surface area contributed by atoms with E-state index in [-0.39, 0.29) is 0 Å². The van der Waals surface area contributed by atoms with E-state index < -0.39 is 0 Å². The fraction of sp³-hybridized carbons (Fsp3) is 0.333. The van der Waals surface area contributed by atoms with Crippen molar-refractivity contribution < 1.29 is 0 Å². The van der Waals surface area contributed by atoms with Gasteiger partial charge in [-0.15, -0.1) is 20.4 Å². The lowest BCUT2D eigenvalue weighted by Crippen LogP contribution is -2.03. The third kappa shape index (κ3) is 24.6. The monoisotopic (exact) mass is 1700 g/mol. The van der Waals surface area contributed by atoms with E-state index >= 15 is 0 Å². The Morgan fingerprint density at radius 3 is 1.62 bits per heavy atom. The number of hydrogen-bond donors (Lipinski definition) is 0. The zero-order chi connectivity index (χ0) is 90.2. The van der Waals surface area contributed by atoms with Crippen molar-refractivity contribution in [1.29, 1.82) is 0 Å². The highest BCUT2D eigenvalue weighted by molar-refractivity contribution is 5.79. The van der Waals surface area contributed by atoms with Crippen molar-refractivity contribution in [2.45, 2.75) is 223 Å². The molecule has 0 spiro atoms. The average Bonchev–Trinajstić information content (AvgIpc) is 1.64. The van der Waals surface area contributed by atoms with E-state index in [2.05, 4.69) is 324 Å². The molecule has 1 aliphatic carbocycles. The fourth-order valence-corrected chi connectivity index (χ4v) is 14.1. The van der Waals surface area contributed by atoms with Crippen molar-refractivity contribution in [1.82, 2.24) is 122 Å². The van der Waals surface area contributed by atoms with Crippen molar-refractivity contribution >= 4 is 72.5 Å². The largest absolute Gasteiger partial charge is 0.307 e. The molecular weight excluding hydrogens is 1580 g/mol. The maximum atomic E-state index is 4.76. The number of hydrogen-bond acceptors (Lipinski definition) is 18. The number of fused-ring (bicyclic) bond motifs is 12. The van der Waals surface area contributed by atoms with E-state index in [9.17, 15) is 0 Å². The van der Waals surface area contributed by atoms with Crippen LogP contribution in [0.5, 0.6) is 0 Å². The Morgan fingerprint density at radius 2 is 0.906 bits per heavy atom. The zero-order valence-corrected chi connectivity index (χ0v) is 77.1. The van der Waals surface area contributed by atoms with Crippen LogP contribution >= 0.6 is 0 Å². The highest BCUT2D eigenvalue weighted by Gasteiger charge is 2.18. The Bertz CT molecular complexity index is 6270. The van der Waals surface area contributed by atoms with E-state index in [0.29, 0.717) is 59.2 Å². The molecule has 0 aliphatic heterocycles. The minimum absolute atomic E-state index is 0.441. The van der Waals surface area contributed by atoms with Crippen molar-refractivity contribution in [3.63, 3.8) is 0 Å². The van der Waals surface area contributed by atoms with Gasteiger partial charge in [-0.1, -0.05) is 163 Å². The number of aryl methyl sites for hydroxylation is 2. The van der Waals surface area contributed by atoms with Gasteiger partial charge in [-0.3, -0.25) is 28.7 Å². The number of imidazole rings is 4. The van der Waals surface area contributed by atoms with Crippen LogP contribution in [0, 0.1) is 0 Å². The number of para-hydroxylation sites is 1. The SMILES string of the molecule is CC(C)c1ccc2nccn2c1.CC(C)c1ccc2ncncc2c1.CC(C)c1ccc2nncn2n1.CC(C)c1cccc2nccnc12.CC(C)c1ccn2c3c(nc2c1)CCCC3.CC(C)c1ccn2ccnc2c1.CC(C)c1ccn2cnnc2c1.CC(C)c1ccnc2cccnc12.CC(C)c1cnc2nccn2c1.CC(C)c1cnn2ncccc12. The van der Waals surface area contributed by atoms with Gasteiger partial charge in [-0.05, 0) is 232 Å². The van der Waals surface area contributed by atoms with Crippen molar-refractivity contribution in [3.8, 4) is 0 Å². The molecule has 0 radical (unpaired) electrons. The van der Waals surface area contributed by atoms with E-state index in [1.165, 1.54) is 80.7 Å². The maximum absolute atomic E-state index is 4.76. The summed E-state index contributed by atoms with van der Waals surface area (Å²) in [7, 11) is 0. The lowest BCUT2D eigenvalue weighted by atomic mass is 10.0. The third-order valence-corrected chi connectivity index (χ3v) is 21.9. The summed E-state index contributed by atoms with van der Waals surface area (Å²) in [5.74, 6) is 6.08. The molecule has 0 atom stereocenters. The highest BCUT2D eigenvalue weighted by atomic mass is 15.4. The second-order valence-corrected chi connectivity index (χ2v) is 34.6. The van der Waals surface area contributed by atoms with Gasteiger partial charge in [0.2, 0.25) is 5.78 Å². The van der Waals surface area contributed by atoms with Gasteiger partial charge < -0.3 is 13.2 Å². The number of pyridine rings is 6. The van der Waals surface area contributed by atoms with Gasteiger partial charge in [0, 0.05) is 128 Å². The summed E-state index contributed by atoms with van der Waals surface area (Å²) in [6, 6.07) is 43.4. The van der Waals surface area contributed by atoms with Crippen LogP contribution in [-0.4, -0.2) is 122 Å². The van der Waals surface area contributed by atoms with Crippen LogP contribution in [0.3, 0.4) is 0 Å². The minimum atomic E-state index is 0.441. The van der Waals surface area contributed by atoms with E-state index in [4.69, 9.17) is 4.98 Å². The van der Waals surface area contributed by atoms with Gasteiger partial charge in [-0.25, -0.2) is 39.4 Å². The number of benzene rings is 2. The first-order valence-corrected chi connectivity index (χ1v) is 44.2. The van der Waals surface area contributed by atoms with Crippen molar-refractivity contribution in [2.24, 2.45) is 0 Å². The highest BCUT2D eigenvalue weighted by Crippen LogP contribution is 2.28. The molecule has 2 aromatic carbocycles. The Hall–Kier alpha value is -13.8. The van der Waals surface area contributed by atoms with E-state index in [1.807, 2.05) is 142 Å². The minimum Gasteiger partial charge on any atom is -0.307 e. The first-order chi connectivity index (χ1) is 61.2. The molecular formula is C102H121N25. The maximum Gasteiger partial charge on any atom is 0.233 e. The van der Waals surface area contributed by atoms with Gasteiger partial charge in [0.1, 0.15) is 35.9 Å². The molecule has 0 amide bonds. The van der Waals surface area contributed by atoms with Gasteiger partial charge >= 0.3 is 0 Å². The van der Waals surface area contributed by atoms with Crippen LogP contribution in [0.15, 0.2) is 264 Å². The zero-order valence-electron chi connectivity index (χ0n) is 77.1. The molecule has 0 saturated heterocycles. The Kier molecular flexibility index (Phi) is 32.1. The number of nitrogens with zero attached hydrogens (tertiary/aromatic N) is 25. The standard InChI is InChI=1S/C14H18N2.3C11H12N2.2C10H12N2.3C9H11N3.C8H10N4/c1-10(2)11-7-8-16-13-6-4-3-5-12(13)15-14(16)9-11;1-8(2)9-3-4-11-10(5-9)6-12-7-13-11;1-8(2)9-5-7-12-10-4-3-6-13-11(9)10;1-8(2)9-4-3-5-10-11(9)13-7-6-12-10;1-8(2)9-3-5-12-6-4-11-10(12)7-9;1-8(2)9-3-4-10-11-5-6-12(10)7-9;1-7(2)8-5-11-9-10-3-4-12(9)6-8;1-7(2)8-3-4-12-6-10-11-9(12)5-8;1-7(2)8-6-11-12-9(8)4-3-5-10-12;1-6(2)7-3-4-8-10-9-5-12(8)11-7/h7-10H,3-6H2,1-2H3;3*3-8H,1-2H3;2*3-8H,1-2H3;3*3-7H,1-2H3;3-6H,1-2H3. The molecule has 21 rings (SSSR count). The molecule has 25 heteroatoms. The Balaban J connectivity index is 0.000000128. The van der Waals surface area contributed by atoms with E-state index in [1.54, 1.807) is 52.9 Å². The molecule has 127 heavy (non-hydrogen) atoms. The first kappa shape index (κ1) is 92.3. The number of aromatic nitrogens is 25. The summed E-state index contributed by atoms with van der Waals surface area (Å²) in [6.45, 7) is 43.5. The lowest BCUT2D eigenvalue weighted by Gasteiger charge is -2.10. The molecule has 18 aromatic heterocycles. The second kappa shape index (κ2) is 44.2. The normalized spacial score (nSPS) is 11.7. The van der Waals surface area contributed by atoms with Crippen LogP contribution < -0.4 is 0 Å². The molecule has 0 bridgehead atoms. The van der Waals surface area contributed by atoms with Crippen LogP contribution in [0.25, 0.3) is 72.5 Å². The molecule has 25 nitrogen and oxygen atoms in total. The van der Waals surface area contributed by atoms with Gasteiger partial charge in [0.05, 0.1) is 50.7 Å². The number of rotatable bonds is 10. The summed E-state index contributed by atoms with van der Waals surface area (Å²) < 4.78 is 13.5. The summed E-state index contributed by atoms with van der Waals surface area (Å²) in [4.78, 5) is 46.8.